The van der Waals surface area contributed by atoms with Gasteiger partial charge in [-0.15, -0.1) is 55.3 Å². The molecule has 0 saturated carbocycles. The molecule has 9 rings (SSSR count). The van der Waals surface area contributed by atoms with Crippen molar-refractivity contribution < 1.29 is 30.1 Å². The number of rotatable bonds is 6. The van der Waals surface area contributed by atoms with Crippen LogP contribution in [0.1, 0.15) is 4.11 Å². The van der Waals surface area contributed by atoms with E-state index in [9.17, 15) is 0 Å². The van der Waals surface area contributed by atoms with E-state index in [0.717, 1.165) is 64.7 Å². The molecule has 0 unspecified atom stereocenters. The van der Waals surface area contributed by atoms with Gasteiger partial charge in [0.2, 0.25) is 0 Å². The molecule has 1 N–H and O–H groups in total. The average Bonchev–Trinajstić information content (AvgIpc) is 3.72. The molecule has 5 nitrogen and oxygen atoms in total. The SMILES string of the molecule is [2H]C([2H])([2H])N1[OH+]N(c2[c-]c(Sc3[c-]c4c(cc3)c3ccccc3n4-c3cc(-c4ccccc4-c4ccccc4)ccn3)ccc2)c2ccccc21.[Pt]. The predicted octanol–water partition coefficient (Wildman–Crippen LogP) is 10.7. The maximum Gasteiger partial charge on any atom is 0.145 e. The molecule has 1 aliphatic heterocycles. The van der Waals surface area contributed by atoms with Crippen LogP contribution in [0.5, 0.6) is 0 Å². The molecule has 0 atom stereocenters. The fraction of sp³-hybridized carbons (Fsp3) is 0.0238. The fourth-order valence-corrected chi connectivity index (χ4v) is 7.23. The van der Waals surface area contributed by atoms with Crippen molar-refractivity contribution in [2.45, 2.75) is 9.79 Å². The van der Waals surface area contributed by atoms with Gasteiger partial charge in [-0.3, -0.25) is 0 Å². The zero-order valence-corrected chi connectivity index (χ0v) is 29.0. The second-order valence-corrected chi connectivity index (χ2v) is 12.5. The minimum Gasteiger partial charge on any atom is -0.319 e. The van der Waals surface area contributed by atoms with Gasteiger partial charge in [0.25, 0.3) is 0 Å². The zero-order chi connectivity index (χ0) is 34.5. The number of hydrogen-bond donors (Lipinski definition) is 0. The van der Waals surface area contributed by atoms with Gasteiger partial charge in [0.05, 0.1) is 11.1 Å². The van der Waals surface area contributed by atoms with Crippen molar-refractivity contribution in [1.29, 1.82) is 0 Å². The number of fused-ring (bicyclic) bond motifs is 4. The summed E-state index contributed by atoms with van der Waals surface area (Å²) in [5.74, 6) is 0.807. The Kier molecular flexibility index (Phi) is 7.40. The van der Waals surface area contributed by atoms with E-state index in [2.05, 4.69) is 119 Å². The van der Waals surface area contributed by atoms with Gasteiger partial charge in [0, 0.05) is 38.5 Å². The van der Waals surface area contributed by atoms with Crippen LogP contribution < -0.4 is 10.1 Å². The van der Waals surface area contributed by atoms with E-state index in [-0.39, 0.29) is 21.1 Å². The molecule has 8 aromatic rings. The number of para-hydroxylation sites is 3. The molecule has 0 spiro atoms. The fourth-order valence-electron chi connectivity index (χ4n) is 6.41. The Morgan fingerprint density at radius 2 is 1.39 bits per heavy atom. The summed E-state index contributed by atoms with van der Waals surface area (Å²) in [7, 11) is 0. The summed E-state index contributed by atoms with van der Waals surface area (Å²) in [6.07, 6.45) is 1.88. The molecular formula is C42H29N4OPtS-. The molecule has 49 heavy (non-hydrogen) atoms. The first-order valence-corrected chi connectivity index (χ1v) is 16.4. The van der Waals surface area contributed by atoms with Crippen LogP contribution in [0.2, 0.25) is 0 Å². The van der Waals surface area contributed by atoms with Gasteiger partial charge in [-0.25, -0.2) is 4.98 Å². The van der Waals surface area contributed by atoms with Crippen molar-refractivity contribution >= 4 is 50.6 Å². The number of pyridine rings is 1. The molecule has 0 radical (unpaired) electrons. The quantitative estimate of drug-likeness (QED) is 0.124. The number of benzene rings is 6. The van der Waals surface area contributed by atoms with Crippen LogP contribution in [0.15, 0.2) is 162 Å². The van der Waals surface area contributed by atoms with Crippen molar-refractivity contribution in [2.24, 2.45) is 0 Å². The van der Waals surface area contributed by atoms with Crippen LogP contribution in [-0.2, 0) is 21.1 Å². The van der Waals surface area contributed by atoms with E-state index in [0.29, 0.717) is 17.1 Å². The van der Waals surface area contributed by atoms with Crippen molar-refractivity contribution in [3.63, 3.8) is 0 Å². The standard InChI is InChI=1S/C42H28N4OS.Pt/c1-44-39-20-9-10-21-40(39)46(47-44)31-14-11-15-32(27-31)48-33-22-23-37-36-18-7-8-19-38(36)45(41(37)28-33)42-26-30(24-25-43-42)35-17-6-5-16-34(35)29-12-3-2-4-13-29;/h2-26H,1H3;/q-2;/p+1/i1D3;. The minimum absolute atomic E-state index is 0. The molecule has 0 fully saturated rings. The topological polar surface area (TPSA) is 37.1 Å². The summed E-state index contributed by atoms with van der Waals surface area (Å²) in [5, 5.41) is 4.92. The molecule has 1 aliphatic rings. The third kappa shape index (κ3) is 5.62. The Morgan fingerprint density at radius 1 is 0.653 bits per heavy atom. The van der Waals surface area contributed by atoms with Crippen LogP contribution in [0.25, 0.3) is 49.9 Å². The van der Waals surface area contributed by atoms with Gasteiger partial charge in [0.15, 0.2) is 0 Å². The molecule has 0 saturated heterocycles. The number of nitrogens with zero attached hydrogens (tertiary/aromatic N) is 4. The molecule has 2 aromatic heterocycles. The van der Waals surface area contributed by atoms with Crippen molar-refractivity contribution in [1.82, 2.24) is 9.55 Å². The molecule has 240 valence electrons. The van der Waals surface area contributed by atoms with E-state index in [1.54, 1.807) is 11.1 Å². The Labute approximate surface area is 307 Å². The second-order valence-electron chi connectivity index (χ2n) is 11.5. The molecule has 3 heterocycles. The van der Waals surface area contributed by atoms with Crippen LogP contribution in [-0.4, -0.2) is 21.5 Å². The van der Waals surface area contributed by atoms with Crippen LogP contribution in [0, 0.1) is 12.1 Å². The smallest absolute Gasteiger partial charge is 0.145 e. The van der Waals surface area contributed by atoms with Crippen LogP contribution >= 0.6 is 11.8 Å². The summed E-state index contributed by atoms with van der Waals surface area (Å²) >= 11 is 1.54. The van der Waals surface area contributed by atoms with Crippen LogP contribution in [0.3, 0.4) is 0 Å². The minimum atomic E-state index is -2.42. The van der Waals surface area contributed by atoms with Gasteiger partial charge < -0.3 is 4.57 Å². The van der Waals surface area contributed by atoms with Crippen molar-refractivity contribution in [2.75, 3.05) is 17.1 Å². The Hall–Kier alpha value is -5.13. The second kappa shape index (κ2) is 13.1. The van der Waals surface area contributed by atoms with Gasteiger partial charge in [0.1, 0.15) is 17.2 Å². The molecular weight excluding hydrogens is 804 g/mol. The molecule has 0 amide bonds. The predicted molar refractivity (Wildman–Crippen MR) is 196 cm³/mol. The molecule has 7 heteroatoms. The summed E-state index contributed by atoms with van der Waals surface area (Å²) in [5.41, 5.74) is 8.37. The van der Waals surface area contributed by atoms with Gasteiger partial charge in [-0.05, 0) is 58.0 Å². The van der Waals surface area contributed by atoms with Gasteiger partial charge in [-0.1, -0.05) is 90.4 Å². The summed E-state index contributed by atoms with van der Waals surface area (Å²) in [6, 6.07) is 56.0. The molecule has 0 aliphatic carbocycles. The number of anilines is 3. The summed E-state index contributed by atoms with van der Waals surface area (Å²) < 4.78 is 26.2. The van der Waals surface area contributed by atoms with E-state index < -0.39 is 6.98 Å². The van der Waals surface area contributed by atoms with E-state index in [1.807, 2.05) is 48.7 Å². The first-order chi connectivity index (χ1) is 24.9. The molecule has 0 bridgehead atoms. The normalized spacial score (nSPS) is 13.5. The average molecular weight is 836 g/mol. The monoisotopic (exact) mass is 835 g/mol. The largest absolute Gasteiger partial charge is 0.319 e. The third-order valence-corrected chi connectivity index (χ3v) is 9.49. The Morgan fingerprint density at radius 3 is 2.24 bits per heavy atom. The van der Waals surface area contributed by atoms with E-state index in [1.165, 1.54) is 11.8 Å². The van der Waals surface area contributed by atoms with E-state index in [4.69, 9.17) is 9.10 Å². The van der Waals surface area contributed by atoms with E-state index >= 15 is 0 Å². The number of hydrogen-bond acceptors (Lipinski definition) is 4. The zero-order valence-electron chi connectivity index (χ0n) is 28.9. The number of hydroxylamine groups is 1. The van der Waals surface area contributed by atoms with Gasteiger partial charge in [-0.2, -0.15) is 29.2 Å². The molecule has 6 aromatic carbocycles. The maximum atomic E-state index is 8.00. The summed E-state index contributed by atoms with van der Waals surface area (Å²) in [6.45, 7) is -2.42. The van der Waals surface area contributed by atoms with Crippen LogP contribution in [0.4, 0.5) is 17.1 Å². The Balaban J connectivity index is 0.00000387. The first-order valence-electron chi connectivity index (χ1n) is 17.1. The van der Waals surface area contributed by atoms with Crippen molar-refractivity contribution in [3.05, 3.63) is 164 Å². The number of aromatic nitrogens is 2. The first kappa shape index (κ1) is 27.8. The Bertz CT molecular complexity index is 2580. The van der Waals surface area contributed by atoms with Gasteiger partial charge >= 0.3 is 0 Å². The summed E-state index contributed by atoms with van der Waals surface area (Å²) in [4.78, 5) is 11.1. The van der Waals surface area contributed by atoms with Crippen molar-refractivity contribution in [3.8, 4) is 28.1 Å². The maximum absolute atomic E-state index is 8.00. The third-order valence-electron chi connectivity index (χ3n) is 8.57.